The Labute approximate surface area is 224 Å². The number of methoxy groups -OCH3 is 1. The fourth-order valence-corrected chi connectivity index (χ4v) is 4.21. The second-order valence-corrected chi connectivity index (χ2v) is 9.07. The van der Waals surface area contributed by atoms with Gasteiger partial charge in [-0.1, -0.05) is 48.0 Å². The van der Waals surface area contributed by atoms with Crippen molar-refractivity contribution in [2.24, 2.45) is 0 Å². The van der Waals surface area contributed by atoms with E-state index in [2.05, 4.69) is 0 Å². The van der Waals surface area contributed by atoms with Gasteiger partial charge in [-0.25, -0.2) is 4.39 Å². The number of hydrogen-bond acceptors (Lipinski definition) is 5. The quantitative estimate of drug-likeness (QED) is 0.288. The van der Waals surface area contributed by atoms with Crippen molar-refractivity contribution in [1.29, 1.82) is 0 Å². The van der Waals surface area contributed by atoms with Crippen LogP contribution in [0.4, 0.5) is 4.39 Å². The number of para-hydroxylation sites is 1. The zero-order valence-electron chi connectivity index (χ0n) is 20.7. The van der Waals surface area contributed by atoms with Crippen LogP contribution in [0, 0.1) is 5.82 Å². The third-order valence-electron chi connectivity index (χ3n) is 6.04. The first kappa shape index (κ1) is 27.0. The SMILES string of the molecule is COCCN(CC(=O)N(Cc1ccc(F)cc1)Cc1coc2ccccc2c1=O)C(=O)c1ccccc1Cl. The van der Waals surface area contributed by atoms with Crippen LogP contribution in [0.1, 0.15) is 21.5 Å². The van der Waals surface area contributed by atoms with Gasteiger partial charge in [0.15, 0.2) is 5.43 Å². The summed E-state index contributed by atoms with van der Waals surface area (Å²) in [4.78, 5) is 42.9. The maximum absolute atomic E-state index is 13.6. The molecule has 2 amide bonds. The number of ether oxygens (including phenoxy) is 1. The van der Waals surface area contributed by atoms with Crippen LogP contribution in [-0.4, -0.2) is 48.4 Å². The van der Waals surface area contributed by atoms with Crippen molar-refractivity contribution in [3.8, 4) is 0 Å². The lowest BCUT2D eigenvalue weighted by Crippen LogP contribution is -2.44. The number of amides is 2. The lowest BCUT2D eigenvalue weighted by molar-refractivity contribution is -0.133. The molecule has 0 N–H and O–H groups in total. The highest BCUT2D eigenvalue weighted by molar-refractivity contribution is 6.33. The third-order valence-corrected chi connectivity index (χ3v) is 6.36. The molecule has 1 heterocycles. The molecule has 0 aliphatic rings. The summed E-state index contributed by atoms with van der Waals surface area (Å²) in [6, 6.07) is 19.2. The second-order valence-electron chi connectivity index (χ2n) is 8.66. The van der Waals surface area contributed by atoms with Gasteiger partial charge in [-0.3, -0.25) is 14.4 Å². The molecule has 0 saturated carbocycles. The van der Waals surface area contributed by atoms with Crippen LogP contribution in [0.25, 0.3) is 11.0 Å². The molecule has 0 saturated heterocycles. The Morgan fingerprint density at radius 2 is 1.66 bits per heavy atom. The number of carbonyl (C=O) groups is 2. The van der Waals surface area contributed by atoms with Crippen molar-refractivity contribution in [3.63, 3.8) is 0 Å². The Kier molecular flexibility index (Phi) is 8.89. The van der Waals surface area contributed by atoms with Gasteiger partial charge >= 0.3 is 0 Å². The summed E-state index contributed by atoms with van der Waals surface area (Å²) in [7, 11) is 1.50. The fraction of sp³-hybridized carbons (Fsp3) is 0.207. The number of rotatable bonds is 10. The summed E-state index contributed by atoms with van der Waals surface area (Å²) in [5.74, 6) is -1.25. The van der Waals surface area contributed by atoms with Gasteiger partial charge in [0, 0.05) is 20.2 Å². The van der Waals surface area contributed by atoms with Crippen LogP contribution in [0.15, 0.2) is 88.3 Å². The van der Waals surface area contributed by atoms with Crippen LogP contribution in [0.2, 0.25) is 5.02 Å². The van der Waals surface area contributed by atoms with E-state index in [1.807, 2.05) is 0 Å². The van der Waals surface area contributed by atoms with Crippen molar-refractivity contribution in [2.45, 2.75) is 13.1 Å². The number of hydrogen-bond donors (Lipinski definition) is 0. The van der Waals surface area contributed by atoms with Crippen LogP contribution in [0.5, 0.6) is 0 Å². The molecule has 196 valence electrons. The molecule has 0 atom stereocenters. The Morgan fingerprint density at radius 3 is 2.39 bits per heavy atom. The minimum atomic E-state index is -0.423. The van der Waals surface area contributed by atoms with E-state index in [1.165, 1.54) is 35.3 Å². The highest BCUT2D eigenvalue weighted by Crippen LogP contribution is 2.19. The highest BCUT2D eigenvalue weighted by atomic mass is 35.5. The zero-order chi connectivity index (χ0) is 27.1. The largest absolute Gasteiger partial charge is 0.464 e. The maximum atomic E-state index is 13.6. The molecule has 1 aromatic heterocycles. The minimum Gasteiger partial charge on any atom is -0.464 e. The van der Waals surface area contributed by atoms with Gasteiger partial charge in [0.05, 0.1) is 41.0 Å². The summed E-state index contributed by atoms with van der Waals surface area (Å²) in [5.41, 5.74) is 1.38. The molecule has 0 spiro atoms. The number of fused-ring (bicyclic) bond motifs is 1. The lowest BCUT2D eigenvalue weighted by atomic mass is 10.1. The smallest absolute Gasteiger partial charge is 0.255 e. The summed E-state index contributed by atoms with van der Waals surface area (Å²) in [5, 5.41) is 0.666. The van der Waals surface area contributed by atoms with Gasteiger partial charge in [-0.15, -0.1) is 0 Å². The van der Waals surface area contributed by atoms with E-state index in [0.717, 1.165) is 0 Å². The van der Waals surface area contributed by atoms with Crippen LogP contribution >= 0.6 is 11.6 Å². The van der Waals surface area contributed by atoms with E-state index in [0.29, 0.717) is 16.5 Å². The van der Waals surface area contributed by atoms with E-state index in [9.17, 15) is 18.8 Å². The fourth-order valence-electron chi connectivity index (χ4n) is 4.00. The Balaban J connectivity index is 1.64. The van der Waals surface area contributed by atoms with Crippen LogP contribution < -0.4 is 5.43 Å². The molecule has 38 heavy (non-hydrogen) atoms. The first-order valence-electron chi connectivity index (χ1n) is 11.9. The predicted octanol–water partition coefficient (Wildman–Crippen LogP) is 4.90. The van der Waals surface area contributed by atoms with Crippen LogP contribution in [-0.2, 0) is 22.6 Å². The number of benzene rings is 3. The Bertz CT molecular complexity index is 1490. The average molecular weight is 537 g/mol. The van der Waals surface area contributed by atoms with Gasteiger partial charge in [0.2, 0.25) is 5.91 Å². The van der Waals surface area contributed by atoms with E-state index >= 15 is 0 Å². The molecule has 0 aliphatic heterocycles. The van der Waals surface area contributed by atoms with Crippen molar-refractivity contribution in [3.05, 3.63) is 117 Å². The number of carbonyl (C=O) groups excluding carboxylic acids is 2. The molecule has 0 fully saturated rings. The lowest BCUT2D eigenvalue weighted by Gasteiger charge is -2.28. The molecular formula is C29H26ClFN2O5. The minimum absolute atomic E-state index is 0.0677. The monoisotopic (exact) mass is 536 g/mol. The highest BCUT2D eigenvalue weighted by Gasteiger charge is 2.25. The molecular weight excluding hydrogens is 511 g/mol. The Morgan fingerprint density at radius 1 is 0.947 bits per heavy atom. The molecule has 0 aliphatic carbocycles. The first-order valence-corrected chi connectivity index (χ1v) is 12.3. The molecule has 7 nitrogen and oxygen atoms in total. The molecule has 3 aromatic carbocycles. The van der Waals surface area contributed by atoms with Crippen molar-refractivity contribution < 1.29 is 23.1 Å². The summed E-state index contributed by atoms with van der Waals surface area (Å²) >= 11 is 6.24. The van der Waals surface area contributed by atoms with E-state index in [1.54, 1.807) is 60.7 Å². The molecule has 0 unspecified atom stereocenters. The van der Waals surface area contributed by atoms with E-state index in [-0.39, 0.29) is 54.4 Å². The third kappa shape index (κ3) is 6.45. The second kappa shape index (κ2) is 12.5. The first-order chi connectivity index (χ1) is 18.4. The number of nitrogens with zero attached hydrogens (tertiary/aromatic N) is 2. The van der Waals surface area contributed by atoms with Crippen molar-refractivity contribution >= 4 is 34.4 Å². The summed E-state index contributed by atoms with van der Waals surface area (Å²) in [6.45, 7) is 0.0869. The summed E-state index contributed by atoms with van der Waals surface area (Å²) in [6.07, 6.45) is 1.34. The van der Waals surface area contributed by atoms with Gasteiger partial charge in [0.25, 0.3) is 5.91 Å². The molecule has 9 heteroatoms. The molecule has 4 aromatic rings. The maximum Gasteiger partial charge on any atom is 0.255 e. The molecule has 0 bridgehead atoms. The zero-order valence-corrected chi connectivity index (χ0v) is 21.5. The van der Waals surface area contributed by atoms with Crippen molar-refractivity contribution in [1.82, 2.24) is 9.80 Å². The van der Waals surface area contributed by atoms with Gasteiger partial charge < -0.3 is 19.0 Å². The molecule has 0 radical (unpaired) electrons. The standard InChI is InChI=1S/C29H26ClFN2O5/c1-37-15-14-32(29(36)23-6-2-4-8-25(23)30)18-27(34)33(16-20-10-12-22(31)13-11-20)17-21-19-38-26-9-5-3-7-24(26)28(21)35/h2-13,19H,14-18H2,1H3. The van der Waals surface area contributed by atoms with Gasteiger partial charge in [-0.05, 0) is 42.0 Å². The topological polar surface area (TPSA) is 80.1 Å². The van der Waals surface area contributed by atoms with Crippen molar-refractivity contribution in [2.75, 3.05) is 26.8 Å². The number of halogens is 2. The van der Waals surface area contributed by atoms with Gasteiger partial charge in [0.1, 0.15) is 17.9 Å². The predicted molar refractivity (Wildman–Crippen MR) is 142 cm³/mol. The average Bonchev–Trinajstić information content (AvgIpc) is 2.93. The normalized spacial score (nSPS) is 10.9. The van der Waals surface area contributed by atoms with Gasteiger partial charge in [-0.2, -0.15) is 0 Å². The van der Waals surface area contributed by atoms with E-state index in [4.69, 9.17) is 20.8 Å². The van der Waals surface area contributed by atoms with Crippen LogP contribution in [0.3, 0.4) is 0 Å². The van der Waals surface area contributed by atoms with E-state index < -0.39 is 17.6 Å². The Hall–Kier alpha value is -4.01. The molecule has 4 rings (SSSR count). The summed E-state index contributed by atoms with van der Waals surface area (Å²) < 4.78 is 24.3.